The van der Waals surface area contributed by atoms with Crippen LogP contribution in [-0.4, -0.2) is 22.8 Å². The first-order valence-electron chi connectivity index (χ1n) is 9.69. The van der Waals surface area contributed by atoms with Crippen LogP contribution in [0.2, 0.25) is 0 Å². The quantitative estimate of drug-likeness (QED) is 0.697. The van der Waals surface area contributed by atoms with Crippen molar-refractivity contribution in [1.82, 2.24) is 10.3 Å². The van der Waals surface area contributed by atoms with Gasteiger partial charge in [0.05, 0.1) is 0 Å². The van der Waals surface area contributed by atoms with Crippen molar-refractivity contribution in [2.75, 3.05) is 11.9 Å². The topological polar surface area (TPSA) is 77.2 Å². The molecule has 0 unspecified atom stereocenters. The van der Waals surface area contributed by atoms with Crippen LogP contribution in [0.25, 0.3) is 11.3 Å². The van der Waals surface area contributed by atoms with E-state index in [4.69, 9.17) is 9.37 Å². The summed E-state index contributed by atoms with van der Waals surface area (Å²) < 4.78 is 10.4. The summed E-state index contributed by atoms with van der Waals surface area (Å²) in [7, 11) is 0. The zero-order chi connectivity index (χ0) is 19.3. The third-order valence-corrected chi connectivity index (χ3v) is 5.07. The second-order valence-electron chi connectivity index (χ2n) is 6.99. The van der Waals surface area contributed by atoms with Gasteiger partial charge in [-0.05, 0) is 77.3 Å². The molecule has 144 valence electrons. The second-order valence-corrected chi connectivity index (χ2v) is 6.99. The summed E-state index contributed by atoms with van der Waals surface area (Å²) in [5.74, 6) is 0.653. The number of carbonyl (C=O) groups is 1. The molecule has 1 heterocycles. The third kappa shape index (κ3) is 4.06. The van der Waals surface area contributed by atoms with Gasteiger partial charge in [-0.1, -0.05) is 31.2 Å². The van der Waals surface area contributed by atoms with E-state index in [0.29, 0.717) is 17.3 Å². The maximum Gasteiger partial charge on any atom is 0.263 e. The van der Waals surface area contributed by atoms with Gasteiger partial charge in [-0.3, -0.25) is 4.79 Å². The Morgan fingerprint density at radius 3 is 2.64 bits per heavy atom. The Hall–Kier alpha value is -3.15. The van der Waals surface area contributed by atoms with E-state index < -0.39 is 0 Å². The van der Waals surface area contributed by atoms with E-state index in [1.165, 1.54) is 29.5 Å². The van der Waals surface area contributed by atoms with Crippen LogP contribution >= 0.6 is 0 Å². The molecule has 1 aromatic heterocycles. The summed E-state index contributed by atoms with van der Waals surface area (Å²) in [6, 6.07) is 14.0. The van der Waals surface area contributed by atoms with E-state index in [0.717, 1.165) is 24.8 Å². The minimum absolute atomic E-state index is 0.109. The van der Waals surface area contributed by atoms with E-state index in [1.807, 2.05) is 30.3 Å². The van der Waals surface area contributed by atoms with Crippen molar-refractivity contribution >= 4 is 11.7 Å². The number of anilines is 1. The van der Waals surface area contributed by atoms with Crippen LogP contribution in [-0.2, 0) is 24.1 Å². The molecule has 1 aliphatic rings. The Labute approximate surface area is 163 Å². The molecule has 0 fully saturated rings. The maximum absolute atomic E-state index is 12.3. The lowest BCUT2D eigenvalue weighted by Crippen LogP contribution is -2.20. The summed E-state index contributed by atoms with van der Waals surface area (Å²) in [6.07, 6.45) is 5.59. The molecule has 6 nitrogen and oxygen atoms in total. The molecule has 1 aliphatic carbocycles. The summed E-state index contributed by atoms with van der Waals surface area (Å²) >= 11 is 0. The van der Waals surface area contributed by atoms with Crippen molar-refractivity contribution in [2.45, 2.75) is 39.0 Å². The van der Waals surface area contributed by atoms with Crippen LogP contribution in [0.3, 0.4) is 0 Å². The van der Waals surface area contributed by atoms with Gasteiger partial charge < -0.3 is 10.1 Å². The van der Waals surface area contributed by atoms with E-state index >= 15 is 0 Å². The molecule has 28 heavy (non-hydrogen) atoms. The highest BCUT2D eigenvalue weighted by atomic mass is 16.6. The molecule has 1 N–H and O–H groups in total. The Morgan fingerprint density at radius 2 is 1.86 bits per heavy atom. The molecule has 1 amide bonds. The van der Waals surface area contributed by atoms with E-state index in [9.17, 15) is 4.79 Å². The number of rotatable bonds is 6. The highest BCUT2D eigenvalue weighted by molar-refractivity contribution is 5.94. The molecule has 6 heteroatoms. The first-order chi connectivity index (χ1) is 13.7. The predicted molar refractivity (Wildman–Crippen MR) is 106 cm³/mol. The van der Waals surface area contributed by atoms with Crippen molar-refractivity contribution < 1.29 is 14.2 Å². The van der Waals surface area contributed by atoms with E-state index in [2.05, 4.69) is 34.7 Å². The van der Waals surface area contributed by atoms with Crippen LogP contribution < -0.4 is 10.1 Å². The summed E-state index contributed by atoms with van der Waals surface area (Å²) in [5.41, 5.74) is 5.38. The van der Waals surface area contributed by atoms with Crippen molar-refractivity contribution in [2.24, 2.45) is 0 Å². The average molecular weight is 377 g/mol. The van der Waals surface area contributed by atoms with E-state index in [1.54, 1.807) is 0 Å². The van der Waals surface area contributed by atoms with Crippen molar-refractivity contribution in [3.05, 3.63) is 59.2 Å². The normalized spacial score (nSPS) is 13.0. The largest absolute Gasteiger partial charge is 0.484 e. The molecule has 0 atom stereocenters. The molecular formula is C22H23N3O3. The van der Waals surface area contributed by atoms with Crippen LogP contribution in [0.1, 0.15) is 36.5 Å². The second kappa shape index (κ2) is 8.25. The fourth-order valence-corrected chi connectivity index (χ4v) is 3.48. The fraction of sp³-hybridized carbons (Fsp3) is 0.318. The number of carbonyl (C=O) groups excluding carboxylic acids is 1. The van der Waals surface area contributed by atoms with Gasteiger partial charge in [-0.25, -0.2) is 4.63 Å². The minimum Gasteiger partial charge on any atom is -0.484 e. The molecule has 0 saturated heterocycles. The summed E-state index contributed by atoms with van der Waals surface area (Å²) in [4.78, 5) is 12.3. The number of aryl methyl sites for hydroxylation is 3. The smallest absolute Gasteiger partial charge is 0.263 e. The van der Waals surface area contributed by atoms with Crippen LogP contribution in [0.4, 0.5) is 5.82 Å². The standard InChI is InChI=1S/C22H23N3O3/c1-2-15-7-11-19(12-8-15)27-14-20(26)23-22-21(24-28-25-22)18-10-9-16-5-3-4-6-17(16)13-18/h7-13H,2-6,14H2,1H3,(H,23,25,26). The average Bonchev–Trinajstić information content (AvgIpc) is 3.20. The van der Waals surface area contributed by atoms with E-state index in [-0.39, 0.29) is 12.5 Å². The molecule has 2 aromatic carbocycles. The first-order valence-corrected chi connectivity index (χ1v) is 9.69. The maximum atomic E-state index is 12.3. The Morgan fingerprint density at radius 1 is 1.07 bits per heavy atom. The Balaban J connectivity index is 1.41. The fourth-order valence-electron chi connectivity index (χ4n) is 3.48. The van der Waals surface area contributed by atoms with Gasteiger partial charge >= 0.3 is 0 Å². The molecule has 0 saturated carbocycles. The number of nitrogens with one attached hydrogen (secondary N) is 1. The number of hydrogen-bond acceptors (Lipinski definition) is 5. The first kappa shape index (κ1) is 18.2. The lowest BCUT2D eigenvalue weighted by molar-refractivity contribution is -0.118. The van der Waals surface area contributed by atoms with Gasteiger partial charge in [0.25, 0.3) is 5.91 Å². The monoisotopic (exact) mass is 377 g/mol. The Bertz CT molecular complexity index is 963. The van der Waals surface area contributed by atoms with Crippen molar-refractivity contribution in [1.29, 1.82) is 0 Å². The van der Waals surface area contributed by atoms with Gasteiger partial charge in [-0.2, -0.15) is 0 Å². The molecule has 4 rings (SSSR count). The summed E-state index contributed by atoms with van der Waals surface area (Å²) in [5, 5.41) is 10.6. The highest BCUT2D eigenvalue weighted by Gasteiger charge is 2.18. The molecule has 3 aromatic rings. The third-order valence-electron chi connectivity index (χ3n) is 5.07. The van der Waals surface area contributed by atoms with Gasteiger partial charge in [0.1, 0.15) is 5.75 Å². The minimum atomic E-state index is -0.311. The highest BCUT2D eigenvalue weighted by Crippen LogP contribution is 2.29. The van der Waals surface area contributed by atoms with Gasteiger partial charge in [0.2, 0.25) is 5.82 Å². The number of hydrogen-bond donors (Lipinski definition) is 1. The predicted octanol–water partition coefficient (Wildman–Crippen LogP) is 4.20. The van der Waals surface area contributed by atoms with Crippen LogP contribution in [0, 0.1) is 0 Å². The lowest BCUT2D eigenvalue weighted by atomic mass is 9.90. The number of aromatic nitrogens is 2. The van der Waals surface area contributed by atoms with Crippen LogP contribution in [0.5, 0.6) is 5.75 Å². The van der Waals surface area contributed by atoms with Crippen molar-refractivity contribution in [3.63, 3.8) is 0 Å². The van der Waals surface area contributed by atoms with Gasteiger partial charge in [0.15, 0.2) is 12.3 Å². The lowest BCUT2D eigenvalue weighted by Gasteiger charge is -2.16. The Kier molecular flexibility index (Phi) is 5.37. The molecule has 0 radical (unpaired) electrons. The summed E-state index contributed by atoms with van der Waals surface area (Å²) in [6.45, 7) is 1.98. The number of nitrogens with zero attached hydrogens (tertiary/aromatic N) is 2. The molecule has 0 aliphatic heterocycles. The number of benzene rings is 2. The molecule has 0 bridgehead atoms. The van der Waals surface area contributed by atoms with Crippen molar-refractivity contribution in [3.8, 4) is 17.0 Å². The zero-order valence-corrected chi connectivity index (χ0v) is 15.9. The zero-order valence-electron chi connectivity index (χ0n) is 15.9. The molecular weight excluding hydrogens is 354 g/mol. The number of ether oxygens (including phenoxy) is 1. The SMILES string of the molecule is CCc1ccc(OCC(=O)Nc2nonc2-c2ccc3c(c2)CCCC3)cc1. The molecule has 0 spiro atoms. The number of amides is 1. The number of fused-ring (bicyclic) bond motifs is 1. The van der Waals surface area contributed by atoms with Gasteiger partial charge in [0, 0.05) is 5.56 Å². The van der Waals surface area contributed by atoms with Gasteiger partial charge in [-0.15, -0.1) is 0 Å². The van der Waals surface area contributed by atoms with Crippen LogP contribution in [0.15, 0.2) is 47.1 Å².